The molecule has 3 aromatic heterocycles. The number of nitrogens with zero attached hydrogens (tertiary/aromatic N) is 5. The Morgan fingerprint density at radius 2 is 1.86 bits per heavy atom. The Balaban J connectivity index is 1.30. The number of aromatic nitrogens is 4. The number of benzene rings is 1. The lowest BCUT2D eigenvalue weighted by Crippen LogP contribution is -2.39. The second kappa shape index (κ2) is 9.61. The third-order valence-corrected chi connectivity index (χ3v) is 8.26. The summed E-state index contributed by atoms with van der Waals surface area (Å²) in [6.45, 7) is 6.16. The predicted octanol–water partition coefficient (Wildman–Crippen LogP) is 4.61. The molecular formula is C27H30FN5O2S. The molecule has 1 saturated heterocycles. The molecule has 2 unspecified atom stereocenters. The lowest BCUT2D eigenvalue weighted by atomic mass is 9.82. The standard InChI is InChI=1S/C27H30FN5O2S/c1-4-19-13-30-27(31-14-19)33-10-8-23(18(2)16-33)21-12-24(28)25(29-15-21)17-32-9-7-20-11-22(36(3,34)35)5-6-26(20)32/h5-7,9,11-15,18,23H,4,8,10,16-17H2,1-3H3. The van der Waals surface area contributed by atoms with Gasteiger partial charge in [-0.2, -0.15) is 0 Å². The Labute approximate surface area is 210 Å². The first-order valence-electron chi connectivity index (χ1n) is 12.2. The molecule has 0 saturated carbocycles. The number of sulfone groups is 1. The van der Waals surface area contributed by atoms with E-state index in [1.165, 1.54) is 6.26 Å². The van der Waals surface area contributed by atoms with Crippen molar-refractivity contribution in [2.24, 2.45) is 5.92 Å². The number of anilines is 1. The summed E-state index contributed by atoms with van der Waals surface area (Å²) in [5.41, 5.74) is 3.23. The van der Waals surface area contributed by atoms with E-state index in [1.54, 1.807) is 30.5 Å². The van der Waals surface area contributed by atoms with Crippen LogP contribution in [0.25, 0.3) is 10.9 Å². The molecule has 0 amide bonds. The Hall–Kier alpha value is -3.33. The van der Waals surface area contributed by atoms with Crippen LogP contribution in [0.2, 0.25) is 0 Å². The first kappa shape index (κ1) is 24.4. The van der Waals surface area contributed by atoms with Crippen molar-refractivity contribution in [3.63, 3.8) is 0 Å². The minimum atomic E-state index is -3.28. The van der Waals surface area contributed by atoms with Gasteiger partial charge in [-0.15, -0.1) is 0 Å². The summed E-state index contributed by atoms with van der Waals surface area (Å²) in [6.07, 6.45) is 10.4. The van der Waals surface area contributed by atoms with Gasteiger partial charge >= 0.3 is 0 Å². The molecule has 0 N–H and O–H groups in total. The zero-order valence-electron chi connectivity index (χ0n) is 20.7. The van der Waals surface area contributed by atoms with Gasteiger partial charge in [0.05, 0.1) is 17.1 Å². The second-order valence-corrected chi connectivity index (χ2v) is 11.7. The molecule has 1 aromatic carbocycles. The summed E-state index contributed by atoms with van der Waals surface area (Å²) < 4.78 is 40.7. The number of hydrogen-bond acceptors (Lipinski definition) is 6. The Morgan fingerprint density at radius 3 is 2.53 bits per heavy atom. The van der Waals surface area contributed by atoms with E-state index >= 15 is 4.39 Å². The van der Waals surface area contributed by atoms with Crippen molar-refractivity contribution in [3.8, 4) is 0 Å². The van der Waals surface area contributed by atoms with E-state index in [0.29, 0.717) is 11.6 Å². The normalized spacial score (nSPS) is 18.6. The van der Waals surface area contributed by atoms with Gasteiger partial charge in [-0.1, -0.05) is 13.8 Å². The second-order valence-electron chi connectivity index (χ2n) is 9.70. The van der Waals surface area contributed by atoms with Crippen molar-refractivity contribution in [1.82, 2.24) is 19.5 Å². The van der Waals surface area contributed by atoms with E-state index < -0.39 is 9.84 Å². The Bertz CT molecular complexity index is 1500. The summed E-state index contributed by atoms with van der Waals surface area (Å²) in [7, 11) is -3.28. The van der Waals surface area contributed by atoms with Crippen molar-refractivity contribution in [2.45, 2.75) is 44.0 Å². The van der Waals surface area contributed by atoms with Gasteiger partial charge in [0.1, 0.15) is 5.82 Å². The van der Waals surface area contributed by atoms with E-state index in [0.717, 1.165) is 53.9 Å². The van der Waals surface area contributed by atoms with E-state index in [2.05, 4.69) is 33.7 Å². The average molecular weight is 508 g/mol. The largest absolute Gasteiger partial charge is 0.341 e. The summed E-state index contributed by atoms with van der Waals surface area (Å²) in [4.78, 5) is 16.0. The highest BCUT2D eigenvalue weighted by Gasteiger charge is 2.29. The SMILES string of the molecule is CCc1cnc(N2CCC(c3cnc(Cn4ccc5cc(S(C)(=O)=O)ccc54)c(F)c3)C(C)C2)nc1. The van der Waals surface area contributed by atoms with Crippen molar-refractivity contribution in [2.75, 3.05) is 24.2 Å². The number of halogens is 1. The van der Waals surface area contributed by atoms with Gasteiger partial charge in [0, 0.05) is 55.0 Å². The smallest absolute Gasteiger partial charge is 0.225 e. The van der Waals surface area contributed by atoms with Crippen LogP contribution in [0.15, 0.2) is 60.0 Å². The zero-order chi connectivity index (χ0) is 25.4. The minimum Gasteiger partial charge on any atom is -0.341 e. The van der Waals surface area contributed by atoms with Crippen LogP contribution in [0.3, 0.4) is 0 Å². The predicted molar refractivity (Wildman–Crippen MR) is 138 cm³/mol. The molecule has 1 fully saturated rings. The van der Waals surface area contributed by atoms with Crippen molar-refractivity contribution in [1.29, 1.82) is 0 Å². The van der Waals surface area contributed by atoms with Crippen LogP contribution >= 0.6 is 0 Å². The van der Waals surface area contributed by atoms with Gasteiger partial charge < -0.3 is 9.47 Å². The van der Waals surface area contributed by atoms with Crippen LogP contribution in [0.4, 0.5) is 10.3 Å². The van der Waals surface area contributed by atoms with Crippen LogP contribution in [0.1, 0.15) is 43.0 Å². The molecule has 7 nitrogen and oxygen atoms in total. The van der Waals surface area contributed by atoms with Crippen LogP contribution in [0.5, 0.6) is 0 Å². The van der Waals surface area contributed by atoms with E-state index in [1.807, 2.05) is 29.2 Å². The number of fused-ring (bicyclic) bond motifs is 1. The molecule has 188 valence electrons. The molecule has 5 rings (SSSR count). The Kier molecular flexibility index (Phi) is 6.51. The van der Waals surface area contributed by atoms with Crippen molar-refractivity contribution < 1.29 is 12.8 Å². The van der Waals surface area contributed by atoms with E-state index in [4.69, 9.17) is 0 Å². The third-order valence-electron chi connectivity index (χ3n) is 7.15. The van der Waals surface area contributed by atoms with Crippen LogP contribution in [-0.4, -0.2) is 47.3 Å². The summed E-state index contributed by atoms with van der Waals surface area (Å²) >= 11 is 0. The summed E-state index contributed by atoms with van der Waals surface area (Å²) in [6, 6.07) is 8.44. The van der Waals surface area contributed by atoms with Crippen LogP contribution in [-0.2, 0) is 22.8 Å². The monoisotopic (exact) mass is 507 g/mol. The highest BCUT2D eigenvalue weighted by atomic mass is 32.2. The molecule has 4 aromatic rings. The number of pyridine rings is 1. The molecule has 0 bridgehead atoms. The topological polar surface area (TPSA) is 81.0 Å². The Morgan fingerprint density at radius 1 is 1.08 bits per heavy atom. The molecule has 0 spiro atoms. The molecule has 2 atom stereocenters. The quantitative estimate of drug-likeness (QED) is 0.379. The fourth-order valence-electron chi connectivity index (χ4n) is 5.02. The van der Waals surface area contributed by atoms with Crippen molar-refractivity contribution in [3.05, 3.63) is 77.8 Å². The minimum absolute atomic E-state index is 0.217. The number of hydrogen-bond donors (Lipinski definition) is 0. The molecule has 9 heteroatoms. The van der Waals surface area contributed by atoms with Gasteiger partial charge in [-0.05, 0) is 66.1 Å². The molecule has 1 aliphatic rings. The highest BCUT2D eigenvalue weighted by Crippen LogP contribution is 2.34. The van der Waals surface area contributed by atoms with Gasteiger partial charge in [0.2, 0.25) is 5.95 Å². The lowest BCUT2D eigenvalue weighted by Gasteiger charge is -2.37. The fourth-order valence-corrected chi connectivity index (χ4v) is 5.68. The summed E-state index contributed by atoms with van der Waals surface area (Å²) in [5, 5.41) is 0.795. The van der Waals surface area contributed by atoms with Gasteiger partial charge in [0.25, 0.3) is 0 Å². The highest BCUT2D eigenvalue weighted by molar-refractivity contribution is 7.90. The lowest BCUT2D eigenvalue weighted by molar-refractivity contribution is 0.378. The molecule has 0 radical (unpaired) electrons. The van der Waals surface area contributed by atoms with Gasteiger partial charge in [-0.25, -0.2) is 22.8 Å². The molecular weight excluding hydrogens is 477 g/mol. The van der Waals surface area contributed by atoms with Gasteiger partial charge in [0.15, 0.2) is 9.84 Å². The maximum absolute atomic E-state index is 15.2. The molecule has 0 aliphatic carbocycles. The van der Waals surface area contributed by atoms with E-state index in [9.17, 15) is 8.42 Å². The molecule has 36 heavy (non-hydrogen) atoms. The molecule has 1 aliphatic heterocycles. The zero-order valence-corrected chi connectivity index (χ0v) is 21.5. The fraction of sp³-hybridized carbons (Fsp3) is 0.370. The maximum atomic E-state index is 15.2. The van der Waals surface area contributed by atoms with E-state index in [-0.39, 0.29) is 23.2 Å². The average Bonchev–Trinajstić information content (AvgIpc) is 3.27. The molecule has 4 heterocycles. The number of rotatable bonds is 6. The van der Waals surface area contributed by atoms with Gasteiger partial charge in [-0.3, -0.25) is 4.98 Å². The first-order valence-corrected chi connectivity index (χ1v) is 14.1. The first-order chi connectivity index (χ1) is 17.2. The van der Waals surface area contributed by atoms with Crippen LogP contribution in [0, 0.1) is 11.7 Å². The summed E-state index contributed by atoms with van der Waals surface area (Å²) in [5.74, 6) is 0.946. The number of aryl methyl sites for hydroxylation is 1. The van der Waals surface area contributed by atoms with Crippen LogP contribution < -0.4 is 4.90 Å². The van der Waals surface area contributed by atoms with Crippen molar-refractivity contribution >= 4 is 26.7 Å². The third kappa shape index (κ3) is 4.84. The number of piperidine rings is 1. The maximum Gasteiger partial charge on any atom is 0.225 e.